The zero-order valence-electron chi connectivity index (χ0n) is 23.8. The largest absolute Gasteiger partial charge is 0.490 e. The fraction of sp³-hybridized carbons (Fsp3) is 0.344. The highest BCUT2D eigenvalue weighted by molar-refractivity contribution is 5.87. The number of ether oxygens (including phenoxy) is 5. The van der Waals surface area contributed by atoms with Crippen molar-refractivity contribution >= 4 is 17.9 Å². The van der Waals surface area contributed by atoms with Gasteiger partial charge in [-0.3, -0.25) is 0 Å². The van der Waals surface area contributed by atoms with E-state index >= 15 is 0 Å². The molecule has 8 nitrogen and oxygen atoms in total. The van der Waals surface area contributed by atoms with Gasteiger partial charge in [0.1, 0.15) is 44.5 Å². The highest BCUT2D eigenvalue weighted by Crippen LogP contribution is 2.34. The zero-order chi connectivity index (χ0) is 29.4. The van der Waals surface area contributed by atoms with Crippen LogP contribution in [-0.2, 0) is 34.0 Å². The predicted molar refractivity (Wildman–Crippen MR) is 152 cm³/mol. The molecule has 0 spiro atoms. The molecule has 0 unspecified atom stereocenters. The Morgan fingerprint density at radius 1 is 0.675 bits per heavy atom. The maximum atomic E-state index is 12.5. The van der Waals surface area contributed by atoms with Gasteiger partial charge < -0.3 is 23.7 Å². The Labute approximate surface area is 236 Å². The van der Waals surface area contributed by atoms with E-state index in [4.69, 9.17) is 23.7 Å². The summed E-state index contributed by atoms with van der Waals surface area (Å²) in [6, 6.07) is 15.0. The number of hydrogen-bond donors (Lipinski definition) is 0. The molecule has 0 heterocycles. The van der Waals surface area contributed by atoms with Crippen LogP contribution in [0.3, 0.4) is 0 Å². The SMILES string of the molecule is CC=CC(=O)OCCOc1ccc(C(C)(COC(=O)C(C)=CC)c2ccc(OCCOC(=O)C=CC)cc2)cc1. The lowest BCUT2D eigenvalue weighted by Gasteiger charge is -2.31. The van der Waals surface area contributed by atoms with Crippen LogP contribution >= 0.6 is 0 Å². The molecule has 0 aromatic heterocycles. The van der Waals surface area contributed by atoms with Crippen molar-refractivity contribution in [1.29, 1.82) is 0 Å². The summed E-state index contributed by atoms with van der Waals surface area (Å²) in [5.74, 6) is 0.0320. The quantitative estimate of drug-likeness (QED) is 0.124. The highest BCUT2D eigenvalue weighted by atomic mass is 16.6. The molecule has 214 valence electrons. The van der Waals surface area contributed by atoms with Gasteiger partial charge in [0.15, 0.2) is 0 Å². The minimum absolute atomic E-state index is 0.110. The second-order valence-corrected chi connectivity index (χ2v) is 8.96. The number of rotatable bonds is 15. The molecule has 0 bridgehead atoms. The molecule has 0 radical (unpaired) electrons. The molecule has 0 N–H and O–H groups in total. The van der Waals surface area contributed by atoms with Crippen LogP contribution in [0.1, 0.15) is 45.7 Å². The van der Waals surface area contributed by atoms with Crippen LogP contribution in [0.5, 0.6) is 11.5 Å². The van der Waals surface area contributed by atoms with Crippen molar-refractivity contribution < 1.29 is 38.1 Å². The van der Waals surface area contributed by atoms with Crippen molar-refractivity contribution in [2.45, 2.75) is 40.0 Å². The number of benzene rings is 2. The van der Waals surface area contributed by atoms with E-state index in [0.29, 0.717) is 17.1 Å². The first-order valence-corrected chi connectivity index (χ1v) is 13.1. The van der Waals surface area contributed by atoms with Crippen LogP contribution in [0, 0.1) is 0 Å². The van der Waals surface area contributed by atoms with Gasteiger partial charge in [-0.2, -0.15) is 0 Å². The Kier molecular flexibility index (Phi) is 13.2. The second kappa shape index (κ2) is 16.6. The molecule has 2 rings (SSSR count). The van der Waals surface area contributed by atoms with Gasteiger partial charge in [-0.05, 0) is 70.0 Å². The lowest BCUT2D eigenvalue weighted by atomic mass is 9.77. The summed E-state index contributed by atoms with van der Waals surface area (Å²) in [6.45, 7) is 9.80. The maximum absolute atomic E-state index is 12.5. The zero-order valence-corrected chi connectivity index (χ0v) is 23.8. The van der Waals surface area contributed by atoms with Crippen LogP contribution in [-0.4, -0.2) is 50.9 Å². The molecule has 0 aliphatic carbocycles. The Morgan fingerprint density at radius 2 is 1.10 bits per heavy atom. The molecule has 0 atom stereocenters. The molecular weight excluding hydrogens is 512 g/mol. The predicted octanol–water partition coefficient (Wildman–Crippen LogP) is 5.50. The van der Waals surface area contributed by atoms with E-state index in [0.717, 1.165) is 11.1 Å². The summed E-state index contributed by atoms with van der Waals surface area (Å²) in [5.41, 5.74) is 1.68. The summed E-state index contributed by atoms with van der Waals surface area (Å²) in [4.78, 5) is 35.3. The smallest absolute Gasteiger partial charge is 0.333 e. The van der Waals surface area contributed by atoms with Gasteiger partial charge in [0.25, 0.3) is 0 Å². The first-order chi connectivity index (χ1) is 19.2. The molecule has 0 aliphatic heterocycles. The molecule has 0 aliphatic rings. The molecule has 0 saturated heterocycles. The van der Waals surface area contributed by atoms with E-state index in [2.05, 4.69) is 0 Å². The normalized spacial score (nSPS) is 13.1. The molecule has 2 aromatic carbocycles. The molecule has 0 saturated carbocycles. The van der Waals surface area contributed by atoms with Crippen LogP contribution in [0.25, 0.3) is 0 Å². The van der Waals surface area contributed by atoms with Gasteiger partial charge in [-0.1, -0.05) is 42.5 Å². The fourth-order valence-corrected chi connectivity index (χ4v) is 3.58. The van der Waals surface area contributed by atoms with E-state index in [9.17, 15) is 14.4 Å². The minimum Gasteiger partial charge on any atom is -0.490 e. The molecule has 0 fully saturated rings. The summed E-state index contributed by atoms with van der Waals surface area (Å²) < 4.78 is 27.2. The Bertz CT molecular complexity index is 1110. The van der Waals surface area contributed by atoms with E-state index < -0.39 is 17.4 Å². The first kappa shape index (κ1) is 31.9. The topological polar surface area (TPSA) is 97.4 Å². The molecular formula is C32H38O8. The van der Waals surface area contributed by atoms with Gasteiger partial charge in [0.2, 0.25) is 0 Å². The third-order valence-electron chi connectivity index (χ3n) is 6.03. The average molecular weight is 551 g/mol. The van der Waals surface area contributed by atoms with Gasteiger partial charge in [0.05, 0.1) is 5.41 Å². The Morgan fingerprint density at radius 3 is 1.48 bits per heavy atom. The summed E-state index contributed by atoms with van der Waals surface area (Å²) in [6.07, 6.45) is 7.64. The number of allylic oxidation sites excluding steroid dienone is 3. The lowest BCUT2D eigenvalue weighted by molar-refractivity contribution is -0.140. The summed E-state index contributed by atoms with van der Waals surface area (Å²) >= 11 is 0. The molecule has 40 heavy (non-hydrogen) atoms. The highest BCUT2D eigenvalue weighted by Gasteiger charge is 2.31. The fourth-order valence-electron chi connectivity index (χ4n) is 3.58. The van der Waals surface area contributed by atoms with Crippen molar-refractivity contribution in [3.63, 3.8) is 0 Å². The van der Waals surface area contributed by atoms with E-state index in [1.165, 1.54) is 12.2 Å². The van der Waals surface area contributed by atoms with Crippen molar-refractivity contribution in [2.24, 2.45) is 0 Å². The van der Waals surface area contributed by atoms with Gasteiger partial charge >= 0.3 is 17.9 Å². The number of esters is 3. The third kappa shape index (κ3) is 10.1. The van der Waals surface area contributed by atoms with Crippen molar-refractivity contribution in [3.05, 3.63) is 95.6 Å². The number of carbonyl (C=O) groups excluding carboxylic acids is 3. The standard InChI is InChI=1S/C32H38O8/c1-6-9-29(33)38-21-19-36-27-15-11-25(12-16-27)32(5,23-40-31(35)24(4)8-3)26-13-17-28(18-14-26)37-20-22-39-30(34)10-7-2/h6-18H,19-23H2,1-5H3. The van der Waals surface area contributed by atoms with Gasteiger partial charge in [-0.25, -0.2) is 14.4 Å². The Hall–Kier alpha value is -4.33. The molecule has 2 aromatic rings. The monoisotopic (exact) mass is 550 g/mol. The van der Waals surface area contributed by atoms with E-state index in [1.54, 1.807) is 45.9 Å². The number of carbonyl (C=O) groups is 3. The van der Waals surface area contributed by atoms with E-state index in [1.807, 2.05) is 55.5 Å². The minimum atomic E-state index is -0.676. The number of hydrogen-bond acceptors (Lipinski definition) is 8. The average Bonchev–Trinajstić information content (AvgIpc) is 2.96. The van der Waals surface area contributed by atoms with Crippen LogP contribution in [0.2, 0.25) is 0 Å². The van der Waals surface area contributed by atoms with Gasteiger partial charge in [0, 0.05) is 17.7 Å². The second-order valence-electron chi connectivity index (χ2n) is 8.96. The summed E-state index contributed by atoms with van der Waals surface area (Å²) in [5, 5.41) is 0. The maximum Gasteiger partial charge on any atom is 0.333 e. The molecule has 8 heteroatoms. The van der Waals surface area contributed by atoms with Crippen LogP contribution < -0.4 is 9.47 Å². The Balaban J connectivity index is 2.14. The van der Waals surface area contributed by atoms with E-state index in [-0.39, 0.29) is 39.0 Å². The lowest BCUT2D eigenvalue weighted by Crippen LogP contribution is -2.31. The first-order valence-electron chi connectivity index (χ1n) is 13.1. The van der Waals surface area contributed by atoms with Crippen LogP contribution in [0.4, 0.5) is 0 Å². The van der Waals surface area contributed by atoms with Crippen LogP contribution in [0.15, 0.2) is 84.5 Å². The summed E-state index contributed by atoms with van der Waals surface area (Å²) in [7, 11) is 0. The third-order valence-corrected chi connectivity index (χ3v) is 6.03. The van der Waals surface area contributed by atoms with Crippen molar-refractivity contribution in [3.8, 4) is 11.5 Å². The van der Waals surface area contributed by atoms with Crippen molar-refractivity contribution in [2.75, 3.05) is 33.0 Å². The molecule has 0 amide bonds. The van der Waals surface area contributed by atoms with Gasteiger partial charge in [-0.15, -0.1) is 0 Å². The van der Waals surface area contributed by atoms with Crippen molar-refractivity contribution in [1.82, 2.24) is 0 Å².